The van der Waals surface area contributed by atoms with E-state index in [4.69, 9.17) is 25.8 Å². The smallest absolute Gasteiger partial charge is 0.410 e. The molecule has 0 unspecified atom stereocenters. The Kier molecular flexibility index (Phi) is 7.18. The molecule has 1 amide bonds. The number of carbonyl (C=O) groups is 1. The van der Waals surface area contributed by atoms with Crippen LogP contribution in [0.3, 0.4) is 0 Å². The van der Waals surface area contributed by atoms with Crippen LogP contribution in [-0.4, -0.2) is 62.0 Å². The van der Waals surface area contributed by atoms with Crippen molar-refractivity contribution in [1.82, 2.24) is 9.88 Å². The molecule has 4 rings (SSSR count). The number of aromatic nitrogens is 1. The number of anilines is 1. The first kappa shape index (κ1) is 25.8. The number of nitrogens with zero attached hydrogens (tertiary/aromatic N) is 3. The molecule has 0 atom stereocenters. The molecule has 1 fully saturated rings. The summed E-state index contributed by atoms with van der Waals surface area (Å²) in [5, 5.41) is 1.17. The van der Waals surface area contributed by atoms with E-state index in [1.54, 1.807) is 36.4 Å². The molecule has 0 aliphatic carbocycles. The van der Waals surface area contributed by atoms with Crippen molar-refractivity contribution in [1.29, 1.82) is 0 Å². The normalized spacial score (nSPS) is 14.2. The number of pyridine rings is 1. The predicted molar refractivity (Wildman–Crippen MR) is 140 cm³/mol. The molecule has 0 bridgehead atoms. The van der Waals surface area contributed by atoms with E-state index in [0.717, 1.165) is 16.6 Å². The van der Waals surface area contributed by atoms with Gasteiger partial charge in [-0.15, -0.1) is 0 Å². The van der Waals surface area contributed by atoms with Crippen molar-refractivity contribution in [2.75, 3.05) is 45.3 Å². The summed E-state index contributed by atoms with van der Waals surface area (Å²) in [5.74, 6) is 0.567. The van der Waals surface area contributed by atoms with Crippen molar-refractivity contribution in [2.24, 2.45) is 0 Å². The maximum Gasteiger partial charge on any atom is 0.410 e. The van der Waals surface area contributed by atoms with Gasteiger partial charge in [0.25, 0.3) is 0 Å². The van der Waals surface area contributed by atoms with Gasteiger partial charge >= 0.3 is 6.09 Å². The number of rotatable bonds is 4. The molecule has 0 spiro atoms. The molecule has 1 aromatic heterocycles. The number of aryl methyl sites for hydroxylation is 1. The molecule has 0 N–H and O–H groups in total. The van der Waals surface area contributed by atoms with E-state index in [2.05, 4.69) is 9.88 Å². The van der Waals surface area contributed by atoms with Gasteiger partial charge in [0.1, 0.15) is 17.2 Å². The van der Waals surface area contributed by atoms with Gasteiger partial charge in [-0.3, -0.25) is 4.98 Å². The molecular formula is C27H31ClFN3O4. The van der Waals surface area contributed by atoms with E-state index in [9.17, 15) is 9.18 Å². The van der Waals surface area contributed by atoms with Gasteiger partial charge in [0, 0.05) is 42.2 Å². The second-order valence-corrected chi connectivity index (χ2v) is 10.1. The highest BCUT2D eigenvalue weighted by molar-refractivity contribution is 6.35. The maximum atomic E-state index is 14.9. The fourth-order valence-electron chi connectivity index (χ4n) is 4.57. The number of amides is 1. The molecule has 2 heterocycles. The molecule has 36 heavy (non-hydrogen) atoms. The zero-order chi connectivity index (χ0) is 26.2. The van der Waals surface area contributed by atoms with E-state index in [-0.39, 0.29) is 6.09 Å². The van der Waals surface area contributed by atoms with Gasteiger partial charge in [-0.1, -0.05) is 17.7 Å². The van der Waals surface area contributed by atoms with Crippen LogP contribution in [0.1, 0.15) is 26.3 Å². The summed E-state index contributed by atoms with van der Waals surface area (Å²) in [6.07, 6.45) is 1.34. The Morgan fingerprint density at radius 3 is 2.33 bits per heavy atom. The highest BCUT2D eigenvalue weighted by Crippen LogP contribution is 2.45. The van der Waals surface area contributed by atoms with Gasteiger partial charge in [0.05, 0.1) is 37.2 Å². The summed E-state index contributed by atoms with van der Waals surface area (Å²) in [5.41, 5.74) is 2.55. The number of carbonyl (C=O) groups excluding carboxylic acids is 1. The Bertz CT molecular complexity index is 1300. The largest absolute Gasteiger partial charge is 0.496 e. The van der Waals surface area contributed by atoms with Gasteiger partial charge in [0.2, 0.25) is 0 Å². The van der Waals surface area contributed by atoms with Crippen molar-refractivity contribution in [3.05, 3.63) is 46.9 Å². The van der Waals surface area contributed by atoms with Crippen LogP contribution in [-0.2, 0) is 4.74 Å². The van der Waals surface area contributed by atoms with Crippen molar-refractivity contribution in [3.8, 4) is 22.6 Å². The average Bonchev–Trinajstić information content (AvgIpc) is 2.83. The molecule has 2 aromatic carbocycles. The van der Waals surface area contributed by atoms with E-state index >= 15 is 0 Å². The van der Waals surface area contributed by atoms with Crippen LogP contribution in [0, 0.1) is 12.7 Å². The first-order chi connectivity index (χ1) is 17.1. The zero-order valence-corrected chi connectivity index (χ0v) is 22.2. The monoisotopic (exact) mass is 515 g/mol. The summed E-state index contributed by atoms with van der Waals surface area (Å²) >= 11 is 6.80. The van der Waals surface area contributed by atoms with Crippen molar-refractivity contribution < 1.29 is 23.4 Å². The van der Waals surface area contributed by atoms with Crippen LogP contribution in [0.2, 0.25) is 5.02 Å². The minimum absolute atomic E-state index is 0.301. The van der Waals surface area contributed by atoms with Crippen LogP contribution in [0.25, 0.3) is 22.0 Å². The summed E-state index contributed by atoms with van der Waals surface area (Å²) < 4.78 is 31.6. The Hall–Kier alpha value is -3.26. The first-order valence-electron chi connectivity index (χ1n) is 11.8. The van der Waals surface area contributed by atoms with Crippen LogP contribution in [0.4, 0.5) is 14.9 Å². The summed E-state index contributed by atoms with van der Waals surface area (Å²) in [6.45, 7) is 9.59. The van der Waals surface area contributed by atoms with Crippen molar-refractivity contribution in [2.45, 2.75) is 33.3 Å². The van der Waals surface area contributed by atoms with Crippen molar-refractivity contribution >= 4 is 34.3 Å². The Morgan fingerprint density at radius 2 is 1.72 bits per heavy atom. The van der Waals surface area contributed by atoms with Gasteiger partial charge < -0.3 is 24.0 Å². The number of ether oxygens (including phenoxy) is 3. The lowest BCUT2D eigenvalue weighted by atomic mass is 9.95. The topological polar surface area (TPSA) is 64.1 Å². The third-order valence-corrected chi connectivity index (χ3v) is 6.51. The van der Waals surface area contributed by atoms with E-state index < -0.39 is 11.4 Å². The molecule has 9 heteroatoms. The lowest BCUT2D eigenvalue weighted by Crippen LogP contribution is -2.50. The number of benzene rings is 2. The molecule has 7 nitrogen and oxygen atoms in total. The van der Waals surface area contributed by atoms with Crippen LogP contribution < -0.4 is 14.4 Å². The molecule has 0 radical (unpaired) electrons. The second kappa shape index (κ2) is 10.0. The Balaban J connectivity index is 1.76. The number of hydrogen-bond acceptors (Lipinski definition) is 6. The Morgan fingerprint density at radius 1 is 1.06 bits per heavy atom. The average molecular weight is 516 g/mol. The number of hydrogen-bond donors (Lipinski definition) is 0. The first-order valence-corrected chi connectivity index (χ1v) is 12.1. The SMILES string of the molecule is COc1cccc(F)c1-c1c(Cl)cc2c(N3CCN(C(=O)OC(C)(C)C)CC3)c(OC)cnc2c1C. The second-order valence-electron chi connectivity index (χ2n) is 9.70. The highest BCUT2D eigenvalue weighted by atomic mass is 35.5. The third kappa shape index (κ3) is 4.87. The van der Waals surface area contributed by atoms with Gasteiger partial charge in [-0.25, -0.2) is 9.18 Å². The summed E-state index contributed by atoms with van der Waals surface area (Å²) in [7, 11) is 3.09. The lowest BCUT2D eigenvalue weighted by molar-refractivity contribution is 0.0240. The van der Waals surface area contributed by atoms with Gasteiger partial charge in [-0.05, 0) is 51.5 Å². The van der Waals surface area contributed by atoms with Crippen LogP contribution >= 0.6 is 11.6 Å². The van der Waals surface area contributed by atoms with E-state index in [0.29, 0.717) is 59.3 Å². The number of fused-ring (bicyclic) bond motifs is 1. The third-order valence-electron chi connectivity index (χ3n) is 6.21. The van der Waals surface area contributed by atoms with E-state index in [1.807, 2.05) is 27.7 Å². The number of halogens is 2. The quantitative estimate of drug-likeness (QED) is 0.420. The summed E-state index contributed by atoms with van der Waals surface area (Å²) in [4.78, 5) is 21.0. The number of piperazine rings is 1. The Labute approximate surface area is 215 Å². The van der Waals surface area contributed by atoms with Gasteiger partial charge in [-0.2, -0.15) is 0 Å². The number of methoxy groups -OCH3 is 2. The lowest BCUT2D eigenvalue weighted by Gasteiger charge is -2.37. The minimum atomic E-state index is -0.550. The molecule has 3 aromatic rings. The maximum absolute atomic E-state index is 14.9. The van der Waals surface area contributed by atoms with Gasteiger partial charge in [0.15, 0.2) is 5.75 Å². The van der Waals surface area contributed by atoms with E-state index in [1.165, 1.54) is 13.2 Å². The molecule has 1 aliphatic heterocycles. The fraction of sp³-hybridized carbons (Fsp3) is 0.407. The fourth-order valence-corrected chi connectivity index (χ4v) is 4.91. The minimum Gasteiger partial charge on any atom is -0.496 e. The van der Waals surface area contributed by atoms with Crippen molar-refractivity contribution in [3.63, 3.8) is 0 Å². The van der Waals surface area contributed by atoms with Crippen LogP contribution in [0.15, 0.2) is 30.5 Å². The van der Waals surface area contributed by atoms with Crippen LogP contribution in [0.5, 0.6) is 11.5 Å². The predicted octanol–water partition coefficient (Wildman–Crippen LogP) is 6.08. The standard InChI is InChI=1S/C27H31ClFN3O4/c1-16-22(23-19(29)8-7-9-20(23)34-5)18(28)14-17-24(16)30-15-21(35-6)25(17)31-10-12-32(13-11-31)26(33)36-27(2,3)4/h7-9,14-15H,10-13H2,1-6H3. The molecule has 1 saturated heterocycles. The summed E-state index contributed by atoms with van der Waals surface area (Å²) in [6, 6.07) is 6.49. The zero-order valence-electron chi connectivity index (χ0n) is 21.4. The molecule has 1 aliphatic rings. The molecule has 192 valence electrons. The molecule has 0 saturated carbocycles. The highest BCUT2D eigenvalue weighted by Gasteiger charge is 2.29. The molecular weight excluding hydrogens is 485 g/mol.